The molecule has 0 aliphatic carbocycles. The fraction of sp³-hybridized carbons (Fsp3) is 0.286. The van der Waals surface area contributed by atoms with Crippen LogP contribution in [-0.4, -0.2) is 35.2 Å². The van der Waals surface area contributed by atoms with Gasteiger partial charge in [-0.25, -0.2) is 9.78 Å². The highest BCUT2D eigenvalue weighted by Crippen LogP contribution is 2.10. The maximum atomic E-state index is 12.3. The van der Waals surface area contributed by atoms with Crippen LogP contribution in [0.1, 0.15) is 17.4 Å². The molecule has 0 aliphatic rings. The monoisotopic (exact) mass is 290 g/mol. The molecule has 0 radical (unpaired) electrons. The molecule has 0 unspecified atom stereocenters. The number of carbonyl (C=O) groups is 2. The number of benzene rings is 1. The summed E-state index contributed by atoms with van der Waals surface area (Å²) in [5, 5.41) is 0. The molecule has 0 aliphatic heterocycles. The number of hydrogen-bond donors (Lipinski definition) is 0. The van der Waals surface area contributed by atoms with Gasteiger partial charge in [-0.1, -0.05) is 12.1 Å². The second kappa shape index (κ2) is 6.17. The van der Waals surface area contributed by atoms with Gasteiger partial charge >= 0.3 is 11.9 Å². The van der Waals surface area contributed by atoms with Crippen LogP contribution in [-0.2, 0) is 20.8 Å². The van der Waals surface area contributed by atoms with Crippen LogP contribution in [0.2, 0.25) is 0 Å². The molecule has 0 fully saturated rings. The summed E-state index contributed by atoms with van der Waals surface area (Å²) in [5.41, 5.74) is -0.181. The maximum absolute atomic E-state index is 12.3. The summed E-state index contributed by atoms with van der Waals surface area (Å²) in [6.45, 7) is 1.59. The van der Waals surface area contributed by atoms with Crippen molar-refractivity contribution in [2.24, 2.45) is 0 Å². The Bertz CT molecular complexity index is 751. The minimum absolute atomic E-state index is 0.209. The fourth-order valence-corrected chi connectivity index (χ4v) is 1.91. The molecule has 21 heavy (non-hydrogen) atoms. The van der Waals surface area contributed by atoms with Gasteiger partial charge in [-0.05, 0) is 19.1 Å². The van der Waals surface area contributed by atoms with Crippen LogP contribution in [0.25, 0.3) is 11.0 Å². The zero-order valence-corrected chi connectivity index (χ0v) is 11.7. The van der Waals surface area contributed by atoms with Gasteiger partial charge in [0.05, 0.1) is 24.8 Å². The molecule has 1 aromatic heterocycles. The van der Waals surface area contributed by atoms with Crippen molar-refractivity contribution in [2.75, 3.05) is 13.7 Å². The third kappa shape index (κ3) is 2.91. The smallest absolute Gasteiger partial charge is 0.362 e. The Kier molecular flexibility index (Phi) is 4.32. The molecule has 0 spiro atoms. The summed E-state index contributed by atoms with van der Waals surface area (Å²) in [6.07, 6.45) is 0. The number of esters is 2. The van der Waals surface area contributed by atoms with E-state index in [-0.39, 0.29) is 18.8 Å². The van der Waals surface area contributed by atoms with Gasteiger partial charge in [0, 0.05) is 0 Å². The number of nitrogens with zero attached hydrogens (tertiary/aromatic N) is 2. The van der Waals surface area contributed by atoms with E-state index in [9.17, 15) is 14.4 Å². The van der Waals surface area contributed by atoms with Gasteiger partial charge in [-0.3, -0.25) is 14.2 Å². The van der Waals surface area contributed by atoms with Gasteiger partial charge in [0.25, 0.3) is 5.56 Å². The molecule has 2 aromatic rings. The predicted octanol–water partition coefficient (Wildman–Crippen LogP) is 0.746. The number of hydrogen-bond acceptors (Lipinski definition) is 6. The molecule has 0 saturated heterocycles. The first-order chi connectivity index (χ1) is 10.1. The van der Waals surface area contributed by atoms with E-state index < -0.39 is 17.5 Å². The SMILES string of the molecule is CCOC(=O)Cn1c(=O)c(C(=O)OC)nc2ccccc21. The Balaban J connectivity index is 2.65. The largest absolute Gasteiger partial charge is 0.465 e. The van der Waals surface area contributed by atoms with Crippen molar-refractivity contribution >= 4 is 23.0 Å². The summed E-state index contributed by atoms with van der Waals surface area (Å²) in [5.74, 6) is -1.41. The highest BCUT2D eigenvalue weighted by Gasteiger charge is 2.19. The number of fused-ring (bicyclic) bond motifs is 1. The highest BCUT2D eigenvalue weighted by atomic mass is 16.5. The lowest BCUT2D eigenvalue weighted by atomic mass is 10.2. The average Bonchev–Trinajstić information content (AvgIpc) is 2.49. The van der Waals surface area contributed by atoms with E-state index in [2.05, 4.69) is 9.72 Å². The molecule has 0 N–H and O–H groups in total. The second-order valence-electron chi connectivity index (χ2n) is 4.14. The zero-order valence-electron chi connectivity index (χ0n) is 11.7. The summed E-state index contributed by atoms with van der Waals surface area (Å²) < 4.78 is 10.5. The Morgan fingerprint density at radius 2 is 2.00 bits per heavy atom. The molecule has 0 bridgehead atoms. The molecule has 7 heteroatoms. The van der Waals surface area contributed by atoms with Crippen molar-refractivity contribution in [1.29, 1.82) is 0 Å². The molecular formula is C14H14N2O5. The lowest BCUT2D eigenvalue weighted by molar-refractivity contribution is -0.143. The first kappa shape index (κ1) is 14.7. The predicted molar refractivity (Wildman–Crippen MR) is 74.0 cm³/mol. The first-order valence-electron chi connectivity index (χ1n) is 6.32. The van der Waals surface area contributed by atoms with E-state index in [4.69, 9.17) is 4.74 Å². The number of rotatable bonds is 4. The van der Waals surface area contributed by atoms with Crippen molar-refractivity contribution in [1.82, 2.24) is 9.55 Å². The Morgan fingerprint density at radius 3 is 2.67 bits per heavy atom. The Hall–Kier alpha value is -2.70. The highest BCUT2D eigenvalue weighted by molar-refractivity contribution is 5.89. The maximum Gasteiger partial charge on any atom is 0.362 e. The van der Waals surface area contributed by atoms with E-state index in [1.165, 1.54) is 0 Å². The third-order valence-electron chi connectivity index (χ3n) is 2.82. The van der Waals surface area contributed by atoms with E-state index in [1.54, 1.807) is 31.2 Å². The number of methoxy groups -OCH3 is 1. The van der Waals surface area contributed by atoms with E-state index in [1.807, 2.05) is 0 Å². The van der Waals surface area contributed by atoms with Crippen LogP contribution in [0.3, 0.4) is 0 Å². The quantitative estimate of drug-likeness (QED) is 0.772. The summed E-state index contributed by atoms with van der Waals surface area (Å²) in [7, 11) is 1.16. The number of aromatic nitrogens is 2. The van der Waals surface area contributed by atoms with Crippen molar-refractivity contribution in [2.45, 2.75) is 13.5 Å². The van der Waals surface area contributed by atoms with Crippen molar-refractivity contribution in [3.63, 3.8) is 0 Å². The number of carbonyl (C=O) groups excluding carboxylic acids is 2. The molecule has 1 aromatic carbocycles. The topological polar surface area (TPSA) is 87.5 Å². The van der Waals surface area contributed by atoms with Gasteiger partial charge in [0.1, 0.15) is 6.54 Å². The molecule has 110 valence electrons. The van der Waals surface area contributed by atoms with Crippen LogP contribution in [0, 0.1) is 0 Å². The minimum Gasteiger partial charge on any atom is -0.465 e. The van der Waals surface area contributed by atoms with Crippen LogP contribution in [0.4, 0.5) is 0 Å². The lowest BCUT2D eigenvalue weighted by Gasteiger charge is -2.10. The normalized spacial score (nSPS) is 10.4. The van der Waals surface area contributed by atoms with E-state index in [0.29, 0.717) is 11.0 Å². The van der Waals surface area contributed by atoms with Crippen molar-refractivity contribution in [3.8, 4) is 0 Å². The lowest BCUT2D eigenvalue weighted by Crippen LogP contribution is -2.31. The van der Waals surface area contributed by atoms with Gasteiger partial charge < -0.3 is 9.47 Å². The van der Waals surface area contributed by atoms with Crippen molar-refractivity contribution in [3.05, 3.63) is 40.3 Å². The standard InChI is InChI=1S/C14H14N2O5/c1-3-21-11(17)8-16-10-7-5-4-6-9(10)15-12(13(16)18)14(19)20-2/h4-7H,3,8H2,1-2H3. The Labute approximate surface area is 120 Å². The van der Waals surface area contributed by atoms with Crippen LogP contribution in [0.15, 0.2) is 29.1 Å². The third-order valence-corrected chi connectivity index (χ3v) is 2.82. The van der Waals surface area contributed by atoms with Crippen LogP contribution < -0.4 is 5.56 Å². The summed E-state index contributed by atoms with van der Waals surface area (Å²) in [4.78, 5) is 39.6. The number of ether oxygens (including phenoxy) is 2. The second-order valence-corrected chi connectivity index (χ2v) is 4.14. The Morgan fingerprint density at radius 1 is 1.29 bits per heavy atom. The molecule has 0 saturated carbocycles. The van der Waals surface area contributed by atoms with Gasteiger partial charge in [0.15, 0.2) is 0 Å². The molecular weight excluding hydrogens is 276 g/mol. The van der Waals surface area contributed by atoms with Gasteiger partial charge in [0.2, 0.25) is 5.69 Å². The van der Waals surface area contributed by atoms with Crippen LogP contribution in [0.5, 0.6) is 0 Å². The molecule has 2 rings (SSSR count). The van der Waals surface area contributed by atoms with Crippen molar-refractivity contribution < 1.29 is 19.1 Å². The fourth-order valence-electron chi connectivity index (χ4n) is 1.91. The molecule has 0 amide bonds. The average molecular weight is 290 g/mol. The summed E-state index contributed by atoms with van der Waals surface area (Å²) in [6, 6.07) is 6.71. The molecule has 0 atom stereocenters. The minimum atomic E-state index is -0.844. The number of para-hydroxylation sites is 2. The van der Waals surface area contributed by atoms with E-state index in [0.717, 1.165) is 11.7 Å². The van der Waals surface area contributed by atoms with Gasteiger partial charge in [-0.15, -0.1) is 0 Å². The summed E-state index contributed by atoms with van der Waals surface area (Å²) >= 11 is 0. The molecule has 1 heterocycles. The zero-order chi connectivity index (χ0) is 15.4. The van der Waals surface area contributed by atoms with Crippen LogP contribution >= 0.6 is 0 Å². The molecule has 7 nitrogen and oxygen atoms in total. The van der Waals surface area contributed by atoms with E-state index >= 15 is 0 Å². The van der Waals surface area contributed by atoms with Gasteiger partial charge in [-0.2, -0.15) is 0 Å². The first-order valence-corrected chi connectivity index (χ1v) is 6.32.